The maximum atomic E-state index is 13.4. The number of carbonyl (C=O) groups is 3. The number of hydrogen-bond donors (Lipinski definition) is 1. The molecule has 0 spiro atoms. The third-order valence-electron chi connectivity index (χ3n) is 3.32. The Labute approximate surface area is 142 Å². The molecular formula is C18H15F2NO4. The van der Waals surface area contributed by atoms with Gasteiger partial charge in [0.15, 0.2) is 6.10 Å². The number of amides is 1. The van der Waals surface area contributed by atoms with E-state index in [2.05, 4.69) is 5.32 Å². The lowest BCUT2D eigenvalue weighted by Gasteiger charge is -2.13. The van der Waals surface area contributed by atoms with Crippen LogP contribution < -0.4 is 5.32 Å². The van der Waals surface area contributed by atoms with E-state index >= 15 is 0 Å². The van der Waals surface area contributed by atoms with Crippen LogP contribution in [-0.2, 0) is 9.53 Å². The number of ether oxygens (including phenoxy) is 1. The highest BCUT2D eigenvalue weighted by atomic mass is 19.1. The van der Waals surface area contributed by atoms with Crippen molar-refractivity contribution in [1.82, 2.24) is 5.32 Å². The van der Waals surface area contributed by atoms with Crippen molar-refractivity contribution in [1.29, 1.82) is 0 Å². The molecule has 1 atom stereocenters. The summed E-state index contributed by atoms with van der Waals surface area (Å²) >= 11 is 0. The predicted octanol–water partition coefficient (Wildman–Crippen LogP) is 2.51. The molecule has 5 nitrogen and oxygen atoms in total. The second kappa shape index (κ2) is 8.14. The number of nitrogens with one attached hydrogen (secondary N) is 1. The Morgan fingerprint density at radius 3 is 2.32 bits per heavy atom. The average molecular weight is 347 g/mol. The van der Waals surface area contributed by atoms with Crippen molar-refractivity contribution in [2.24, 2.45) is 0 Å². The quantitative estimate of drug-likeness (QED) is 0.644. The zero-order valence-corrected chi connectivity index (χ0v) is 13.3. The van der Waals surface area contributed by atoms with E-state index in [4.69, 9.17) is 4.74 Å². The van der Waals surface area contributed by atoms with Gasteiger partial charge in [-0.2, -0.15) is 0 Å². The first kappa shape index (κ1) is 18.3. The van der Waals surface area contributed by atoms with Gasteiger partial charge < -0.3 is 10.1 Å². The first-order chi connectivity index (χ1) is 11.9. The molecule has 0 aliphatic rings. The SMILES string of the molecule is C[C@@H](OC(=O)CNC(=O)c1ccccc1F)C(=O)c1ccc(F)cc1. The molecule has 25 heavy (non-hydrogen) atoms. The van der Waals surface area contributed by atoms with Crippen LogP contribution in [0, 0.1) is 11.6 Å². The topological polar surface area (TPSA) is 72.5 Å². The van der Waals surface area contributed by atoms with Crippen molar-refractivity contribution >= 4 is 17.7 Å². The minimum Gasteiger partial charge on any atom is -0.453 e. The van der Waals surface area contributed by atoms with Crippen molar-refractivity contribution in [3.8, 4) is 0 Å². The number of Topliss-reactive ketones (excluding diaryl/α,β-unsaturated/α-hetero) is 1. The van der Waals surface area contributed by atoms with E-state index in [0.29, 0.717) is 0 Å². The van der Waals surface area contributed by atoms with E-state index < -0.39 is 41.9 Å². The summed E-state index contributed by atoms with van der Waals surface area (Å²) in [4.78, 5) is 35.6. The molecule has 2 rings (SSSR count). The molecule has 0 saturated heterocycles. The van der Waals surface area contributed by atoms with Crippen LogP contribution in [-0.4, -0.2) is 30.3 Å². The third kappa shape index (κ3) is 4.94. The number of hydrogen-bond acceptors (Lipinski definition) is 4. The molecule has 0 aliphatic heterocycles. The first-order valence-corrected chi connectivity index (χ1v) is 7.40. The van der Waals surface area contributed by atoms with Crippen LogP contribution in [0.4, 0.5) is 8.78 Å². The summed E-state index contributed by atoms with van der Waals surface area (Å²) in [6.45, 7) is 0.844. The fourth-order valence-electron chi connectivity index (χ4n) is 2.03. The van der Waals surface area contributed by atoms with E-state index in [1.807, 2.05) is 0 Å². The van der Waals surface area contributed by atoms with Crippen molar-refractivity contribution in [3.05, 3.63) is 71.3 Å². The van der Waals surface area contributed by atoms with Gasteiger partial charge in [0.25, 0.3) is 5.91 Å². The first-order valence-electron chi connectivity index (χ1n) is 7.40. The second-order valence-electron chi connectivity index (χ2n) is 5.17. The van der Waals surface area contributed by atoms with Gasteiger partial charge in [-0.15, -0.1) is 0 Å². The molecule has 0 bridgehead atoms. The van der Waals surface area contributed by atoms with Crippen LogP contribution in [0.3, 0.4) is 0 Å². The summed E-state index contributed by atoms with van der Waals surface area (Å²) in [6.07, 6.45) is -1.11. The highest BCUT2D eigenvalue weighted by Crippen LogP contribution is 2.09. The van der Waals surface area contributed by atoms with Crippen LogP contribution >= 0.6 is 0 Å². The molecule has 7 heteroatoms. The second-order valence-corrected chi connectivity index (χ2v) is 5.17. The molecule has 0 aliphatic carbocycles. The number of benzene rings is 2. The van der Waals surface area contributed by atoms with Crippen molar-refractivity contribution in [2.45, 2.75) is 13.0 Å². The molecular weight excluding hydrogens is 332 g/mol. The summed E-state index contributed by atoms with van der Waals surface area (Å²) < 4.78 is 31.2. The summed E-state index contributed by atoms with van der Waals surface area (Å²) in [5, 5.41) is 2.22. The van der Waals surface area contributed by atoms with Gasteiger partial charge in [0.1, 0.15) is 18.2 Å². The van der Waals surface area contributed by atoms with Crippen LogP contribution in [0.5, 0.6) is 0 Å². The van der Waals surface area contributed by atoms with Gasteiger partial charge >= 0.3 is 5.97 Å². The number of esters is 1. The van der Waals surface area contributed by atoms with E-state index in [1.54, 1.807) is 0 Å². The lowest BCUT2D eigenvalue weighted by Crippen LogP contribution is -2.34. The highest BCUT2D eigenvalue weighted by Gasteiger charge is 2.20. The van der Waals surface area contributed by atoms with Crippen molar-refractivity contribution in [3.63, 3.8) is 0 Å². The van der Waals surface area contributed by atoms with E-state index in [0.717, 1.165) is 18.2 Å². The lowest BCUT2D eigenvalue weighted by atomic mass is 10.1. The zero-order chi connectivity index (χ0) is 18.4. The monoisotopic (exact) mass is 347 g/mol. The normalized spacial score (nSPS) is 11.5. The van der Waals surface area contributed by atoms with Crippen LogP contribution in [0.15, 0.2) is 48.5 Å². The Bertz CT molecular complexity index is 790. The number of rotatable bonds is 6. The zero-order valence-electron chi connectivity index (χ0n) is 13.3. The smallest absolute Gasteiger partial charge is 0.326 e. The van der Waals surface area contributed by atoms with Crippen molar-refractivity contribution in [2.75, 3.05) is 6.54 Å². The maximum absolute atomic E-state index is 13.4. The molecule has 2 aromatic carbocycles. The highest BCUT2D eigenvalue weighted by molar-refractivity contribution is 6.00. The van der Waals surface area contributed by atoms with Gasteiger partial charge in [0.05, 0.1) is 5.56 Å². The lowest BCUT2D eigenvalue weighted by molar-refractivity contribution is -0.145. The van der Waals surface area contributed by atoms with E-state index in [-0.39, 0.29) is 11.1 Å². The van der Waals surface area contributed by atoms with Gasteiger partial charge in [-0.25, -0.2) is 8.78 Å². The van der Waals surface area contributed by atoms with Gasteiger partial charge in [-0.05, 0) is 43.3 Å². The Morgan fingerprint density at radius 2 is 1.68 bits per heavy atom. The summed E-state index contributed by atoms with van der Waals surface area (Å²) in [7, 11) is 0. The molecule has 1 N–H and O–H groups in total. The standard InChI is InChI=1S/C18H15F2NO4/c1-11(17(23)12-6-8-13(19)9-7-12)25-16(22)10-21-18(24)14-4-2-3-5-15(14)20/h2-9,11H,10H2,1H3,(H,21,24)/t11-/m1/s1. The molecule has 0 radical (unpaired) electrons. The summed E-state index contributed by atoms with van der Waals surface area (Å²) in [5.41, 5.74) is -0.0113. The molecule has 0 unspecified atom stereocenters. The summed E-state index contributed by atoms with van der Waals surface area (Å²) in [6, 6.07) is 10.1. The van der Waals surface area contributed by atoms with Crippen molar-refractivity contribution < 1.29 is 27.9 Å². The molecule has 0 saturated carbocycles. The minimum absolute atomic E-state index is 0.192. The molecule has 130 valence electrons. The minimum atomic E-state index is -1.11. The fraction of sp³-hybridized carbons (Fsp3) is 0.167. The van der Waals surface area contributed by atoms with Crippen LogP contribution in [0.2, 0.25) is 0 Å². The Morgan fingerprint density at radius 1 is 1.04 bits per heavy atom. The molecule has 2 aromatic rings. The number of carbonyl (C=O) groups excluding carboxylic acids is 3. The Balaban J connectivity index is 1.87. The maximum Gasteiger partial charge on any atom is 0.326 e. The molecule has 0 aromatic heterocycles. The number of ketones is 1. The largest absolute Gasteiger partial charge is 0.453 e. The van der Waals surface area contributed by atoms with Gasteiger partial charge in [0.2, 0.25) is 5.78 Å². The average Bonchev–Trinajstić information content (AvgIpc) is 2.60. The molecule has 0 fully saturated rings. The van der Waals surface area contributed by atoms with Gasteiger partial charge in [0, 0.05) is 5.56 Å². The van der Waals surface area contributed by atoms with Crippen LogP contribution in [0.1, 0.15) is 27.6 Å². The third-order valence-corrected chi connectivity index (χ3v) is 3.32. The Hall–Kier alpha value is -3.09. The number of halogens is 2. The molecule has 1 amide bonds. The van der Waals surface area contributed by atoms with Crippen LogP contribution in [0.25, 0.3) is 0 Å². The Kier molecular flexibility index (Phi) is 5.94. The van der Waals surface area contributed by atoms with Gasteiger partial charge in [-0.1, -0.05) is 12.1 Å². The van der Waals surface area contributed by atoms with Gasteiger partial charge in [-0.3, -0.25) is 14.4 Å². The molecule has 0 heterocycles. The van der Waals surface area contributed by atoms with E-state index in [9.17, 15) is 23.2 Å². The van der Waals surface area contributed by atoms with E-state index in [1.165, 1.54) is 37.3 Å². The fourth-order valence-corrected chi connectivity index (χ4v) is 2.03. The summed E-state index contributed by atoms with van der Waals surface area (Å²) in [5.74, 6) is -3.33. The predicted molar refractivity (Wildman–Crippen MR) is 85.0 cm³/mol.